The highest BCUT2D eigenvalue weighted by molar-refractivity contribution is 6.24. The first-order valence-electron chi connectivity index (χ1n) is 8.58. The molecular weight excluding hydrogens is 328 g/mol. The van der Waals surface area contributed by atoms with Crippen LogP contribution in [0.5, 0.6) is 5.75 Å². The number of benzene rings is 2. The Morgan fingerprint density at radius 3 is 2.58 bits per heavy atom. The Hall–Kier alpha value is -3.21. The number of H-pyrrole nitrogens is 1. The van der Waals surface area contributed by atoms with E-state index in [4.69, 9.17) is 4.74 Å². The molecule has 0 unspecified atom stereocenters. The van der Waals surface area contributed by atoms with Gasteiger partial charge in [0.25, 0.3) is 0 Å². The maximum absolute atomic E-state index is 13.1. The van der Waals surface area contributed by atoms with Crippen LogP contribution in [0.4, 0.5) is 0 Å². The van der Waals surface area contributed by atoms with Crippen molar-refractivity contribution in [3.63, 3.8) is 0 Å². The quantitative estimate of drug-likeness (QED) is 0.596. The fourth-order valence-corrected chi connectivity index (χ4v) is 3.46. The molecule has 4 rings (SSSR count). The molecule has 5 heteroatoms. The van der Waals surface area contributed by atoms with Gasteiger partial charge in [-0.25, -0.2) is 0 Å². The second kappa shape index (κ2) is 6.26. The summed E-state index contributed by atoms with van der Waals surface area (Å²) in [5.74, 6) is 0.734. The highest BCUT2D eigenvalue weighted by Crippen LogP contribution is 2.41. The minimum Gasteiger partial charge on any atom is -0.494 e. The first-order chi connectivity index (χ1) is 12.6. The Morgan fingerprint density at radius 2 is 1.88 bits per heavy atom. The third-order valence-electron chi connectivity index (χ3n) is 4.52. The molecule has 0 saturated heterocycles. The number of rotatable bonds is 5. The van der Waals surface area contributed by atoms with E-state index >= 15 is 0 Å². The number of ether oxygens (including phenoxy) is 1. The lowest BCUT2D eigenvalue weighted by Crippen LogP contribution is -2.06. The summed E-state index contributed by atoms with van der Waals surface area (Å²) in [5.41, 5.74) is 4.95. The zero-order chi connectivity index (χ0) is 18.3. The van der Waals surface area contributed by atoms with Crippen LogP contribution in [-0.2, 0) is 11.2 Å². The number of nitrogens with one attached hydrogen (secondary N) is 1. The molecular formula is C21H18N2O3. The second-order valence-corrected chi connectivity index (χ2v) is 6.33. The van der Waals surface area contributed by atoms with Crippen molar-refractivity contribution in [3.8, 4) is 28.3 Å². The third-order valence-corrected chi connectivity index (χ3v) is 4.52. The average molecular weight is 346 g/mol. The van der Waals surface area contributed by atoms with E-state index in [1.54, 1.807) is 0 Å². The molecule has 1 aliphatic rings. The van der Waals surface area contributed by atoms with Crippen LogP contribution in [0, 0.1) is 0 Å². The first-order valence-corrected chi connectivity index (χ1v) is 8.58. The lowest BCUT2D eigenvalue weighted by molar-refractivity contribution is -0.116. The SMILES string of the molecule is CCOc1ccc(-c2n[nH]c3c2C(=O)c2c(CC(C)=O)cccc2-3)cc1. The van der Waals surface area contributed by atoms with Crippen molar-refractivity contribution in [1.82, 2.24) is 10.2 Å². The standard InChI is InChI=1S/C21H18N2O3/c1-3-26-15-9-7-13(8-10-15)19-18-20(23-22-19)16-6-4-5-14(11-12(2)24)17(16)21(18)25/h4-10H,3,11H2,1-2H3,(H,22,23). The average Bonchev–Trinajstić information content (AvgIpc) is 3.17. The minimum absolute atomic E-state index is 0.0339. The van der Waals surface area contributed by atoms with Crippen molar-refractivity contribution in [1.29, 1.82) is 0 Å². The number of ketones is 2. The molecule has 1 aromatic heterocycles. The fourth-order valence-electron chi connectivity index (χ4n) is 3.46. The van der Waals surface area contributed by atoms with Gasteiger partial charge in [-0.05, 0) is 43.7 Å². The summed E-state index contributed by atoms with van der Waals surface area (Å²) in [4.78, 5) is 24.7. The molecule has 0 saturated carbocycles. The number of carbonyl (C=O) groups is 2. The van der Waals surface area contributed by atoms with E-state index in [0.29, 0.717) is 23.4 Å². The minimum atomic E-state index is -0.0792. The van der Waals surface area contributed by atoms with E-state index in [1.165, 1.54) is 6.92 Å². The van der Waals surface area contributed by atoms with Gasteiger partial charge in [-0.3, -0.25) is 14.7 Å². The molecule has 3 aromatic rings. The number of hydrogen-bond donors (Lipinski definition) is 1. The Balaban J connectivity index is 1.79. The molecule has 0 bridgehead atoms. The molecule has 0 atom stereocenters. The Labute approximate surface area is 151 Å². The lowest BCUT2D eigenvalue weighted by atomic mass is 9.97. The Morgan fingerprint density at radius 1 is 1.12 bits per heavy atom. The van der Waals surface area contributed by atoms with E-state index in [2.05, 4.69) is 10.2 Å². The second-order valence-electron chi connectivity index (χ2n) is 6.33. The molecule has 1 aliphatic carbocycles. The molecule has 130 valence electrons. The summed E-state index contributed by atoms with van der Waals surface area (Å²) in [5, 5.41) is 7.37. The zero-order valence-electron chi connectivity index (χ0n) is 14.6. The number of fused-ring (bicyclic) bond motifs is 3. The molecule has 1 heterocycles. The Bertz CT molecular complexity index is 1020. The smallest absolute Gasteiger partial charge is 0.198 e. The van der Waals surface area contributed by atoms with E-state index < -0.39 is 0 Å². The van der Waals surface area contributed by atoms with Crippen molar-refractivity contribution in [2.75, 3.05) is 6.61 Å². The van der Waals surface area contributed by atoms with Crippen LogP contribution in [0.3, 0.4) is 0 Å². The molecule has 2 aromatic carbocycles. The van der Waals surface area contributed by atoms with Crippen LogP contribution in [-0.4, -0.2) is 28.4 Å². The largest absolute Gasteiger partial charge is 0.494 e. The van der Waals surface area contributed by atoms with Crippen molar-refractivity contribution in [2.45, 2.75) is 20.3 Å². The van der Waals surface area contributed by atoms with Gasteiger partial charge in [0, 0.05) is 23.1 Å². The summed E-state index contributed by atoms with van der Waals surface area (Å²) < 4.78 is 5.47. The summed E-state index contributed by atoms with van der Waals surface area (Å²) >= 11 is 0. The van der Waals surface area contributed by atoms with Crippen LogP contribution >= 0.6 is 0 Å². The van der Waals surface area contributed by atoms with E-state index in [9.17, 15) is 9.59 Å². The van der Waals surface area contributed by atoms with Gasteiger partial charge in [0.15, 0.2) is 5.78 Å². The molecule has 26 heavy (non-hydrogen) atoms. The van der Waals surface area contributed by atoms with Crippen LogP contribution in [0.1, 0.15) is 35.3 Å². The molecule has 5 nitrogen and oxygen atoms in total. The van der Waals surface area contributed by atoms with Gasteiger partial charge in [0.1, 0.15) is 17.2 Å². The maximum Gasteiger partial charge on any atom is 0.198 e. The van der Waals surface area contributed by atoms with Crippen molar-refractivity contribution < 1.29 is 14.3 Å². The zero-order valence-corrected chi connectivity index (χ0v) is 14.6. The molecule has 0 aliphatic heterocycles. The van der Waals surface area contributed by atoms with Gasteiger partial charge in [-0.1, -0.05) is 18.2 Å². The molecule has 0 radical (unpaired) electrons. The summed E-state index contributed by atoms with van der Waals surface area (Å²) in [6.45, 7) is 4.07. The summed E-state index contributed by atoms with van der Waals surface area (Å²) in [6, 6.07) is 13.1. The van der Waals surface area contributed by atoms with E-state index in [0.717, 1.165) is 28.1 Å². The topological polar surface area (TPSA) is 72.0 Å². The first kappa shape index (κ1) is 16.3. The van der Waals surface area contributed by atoms with Gasteiger partial charge in [0.05, 0.1) is 17.9 Å². The van der Waals surface area contributed by atoms with Gasteiger partial charge in [-0.15, -0.1) is 0 Å². The molecule has 1 N–H and O–H groups in total. The maximum atomic E-state index is 13.1. The van der Waals surface area contributed by atoms with Crippen LogP contribution in [0.2, 0.25) is 0 Å². The fraction of sp³-hybridized carbons (Fsp3) is 0.190. The molecule has 0 fully saturated rings. The number of Topliss-reactive ketones (excluding diaryl/α,β-unsaturated/α-hetero) is 1. The van der Waals surface area contributed by atoms with Crippen LogP contribution in [0.25, 0.3) is 22.5 Å². The van der Waals surface area contributed by atoms with Crippen molar-refractivity contribution >= 4 is 11.6 Å². The number of hydrogen-bond acceptors (Lipinski definition) is 4. The van der Waals surface area contributed by atoms with Crippen LogP contribution < -0.4 is 4.74 Å². The number of aromatic amines is 1. The molecule has 0 amide bonds. The van der Waals surface area contributed by atoms with E-state index in [1.807, 2.05) is 49.4 Å². The normalized spacial score (nSPS) is 12.0. The number of carbonyl (C=O) groups excluding carboxylic acids is 2. The number of aromatic nitrogens is 2. The van der Waals surface area contributed by atoms with Crippen LogP contribution in [0.15, 0.2) is 42.5 Å². The third kappa shape index (κ3) is 2.52. The van der Waals surface area contributed by atoms with Gasteiger partial charge in [0.2, 0.25) is 0 Å². The lowest BCUT2D eigenvalue weighted by Gasteiger charge is -2.06. The Kier molecular flexibility index (Phi) is 3.92. The predicted molar refractivity (Wildman–Crippen MR) is 98.4 cm³/mol. The predicted octanol–water partition coefficient (Wildman–Crippen LogP) is 3.82. The van der Waals surface area contributed by atoms with E-state index in [-0.39, 0.29) is 18.0 Å². The monoisotopic (exact) mass is 346 g/mol. The summed E-state index contributed by atoms with van der Waals surface area (Å²) in [7, 11) is 0. The van der Waals surface area contributed by atoms with Crippen molar-refractivity contribution in [2.24, 2.45) is 0 Å². The van der Waals surface area contributed by atoms with Crippen molar-refractivity contribution in [3.05, 3.63) is 59.2 Å². The highest BCUT2D eigenvalue weighted by Gasteiger charge is 2.34. The molecule has 0 spiro atoms. The summed E-state index contributed by atoms with van der Waals surface area (Å²) in [6.07, 6.45) is 0.255. The van der Waals surface area contributed by atoms with Gasteiger partial charge in [-0.2, -0.15) is 5.10 Å². The van der Waals surface area contributed by atoms with Gasteiger partial charge < -0.3 is 4.74 Å². The number of nitrogens with zero attached hydrogens (tertiary/aromatic N) is 1. The van der Waals surface area contributed by atoms with Gasteiger partial charge >= 0.3 is 0 Å². The highest BCUT2D eigenvalue weighted by atomic mass is 16.5.